The molecule has 4 heteroatoms. The first-order valence-corrected chi connectivity index (χ1v) is 26.3. The van der Waals surface area contributed by atoms with Gasteiger partial charge in [0.25, 0.3) is 0 Å². The van der Waals surface area contributed by atoms with Crippen molar-refractivity contribution in [3.8, 4) is 11.4 Å². The summed E-state index contributed by atoms with van der Waals surface area (Å²) in [5.41, 5.74) is 24.8. The molecule has 2 aliphatic heterocycles. The number of anilines is 1. The molecule has 0 saturated carbocycles. The van der Waals surface area contributed by atoms with Gasteiger partial charge in [-0.1, -0.05) is 190 Å². The molecule has 2 aromatic heterocycles. The summed E-state index contributed by atoms with van der Waals surface area (Å²) >= 11 is 0. The summed E-state index contributed by atoms with van der Waals surface area (Å²) in [5, 5.41) is 5.25. The molecule has 0 fully saturated rings. The lowest BCUT2D eigenvalue weighted by atomic mass is 9.43. The van der Waals surface area contributed by atoms with Crippen LogP contribution in [0.4, 0.5) is 5.69 Å². The third kappa shape index (κ3) is 6.54. The summed E-state index contributed by atoms with van der Waals surface area (Å²) in [4.78, 5) is 2.82. The maximum absolute atomic E-state index is 2.82. The van der Waals surface area contributed by atoms with E-state index in [1.54, 1.807) is 0 Å². The number of rotatable bonds is 2. The molecule has 9 aromatic rings. The molecule has 0 unspecified atom stereocenters. The van der Waals surface area contributed by atoms with Crippen molar-refractivity contribution in [3.63, 3.8) is 0 Å². The Balaban J connectivity index is 1.33. The van der Waals surface area contributed by atoms with E-state index >= 15 is 0 Å². The lowest BCUT2D eigenvalue weighted by Crippen LogP contribution is -2.63. The minimum atomic E-state index is -0.306. The standard InChI is InChI=1S/C67H72BN3/c1-62(2,3)39-23-28-45(29-24-39)71-61-56(48-34-40(63(4,5)6)25-30-51(48)67(61,16)17)50-36-43(66(13,14)15)37-55-58(50)68(71)52-38-47-46-33-41(64(7,8)9)26-31-53(46)69(44-21-19-18-20-22-44)59(47)57-49-35-42(65(10,11)12)27-32-54(49)70(55)60(52)57/h18-38H,1-17H3. The van der Waals surface area contributed by atoms with Crippen LogP contribution < -0.4 is 15.7 Å². The Morgan fingerprint density at radius 1 is 0.423 bits per heavy atom. The van der Waals surface area contributed by atoms with Gasteiger partial charge in [-0.05, 0) is 137 Å². The van der Waals surface area contributed by atoms with Gasteiger partial charge in [-0.25, -0.2) is 0 Å². The normalized spacial score (nSPS) is 15.7. The van der Waals surface area contributed by atoms with Crippen LogP contribution in [0.3, 0.4) is 0 Å². The quantitative estimate of drug-likeness (QED) is 0.157. The summed E-state index contributed by atoms with van der Waals surface area (Å²) in [6, 6.07) is 50.8. The van der Waals surface area contributed by atoms with Gasteiger partial charge in [0, 0.05) is 55.3 Å². The fraction of sp³-hybridized carbons (Fsp3) is 0.343. The fourth-order valence-electron chi connectivity index (χ4n) is 12.7. The molecule has 0 amide bonds. The molecule has 12 rings (SSSR count). The average molecular weight is 930 g/mol. The zero-order valence-electron chi connectivity index (χ0n) is 45.5. The molecule has 3 nitrogen and oxygen atoms in total. The van der Waals surface area contributed by atoms with Crippen molar-refractivity contribution in [1.29, 1.82) is 0 Å². The number of benzene rings is 7. The topological polar surface area (TPSA) is 13.1 Å². The summed E-state index contributed by atoms with van der Waals surface area (Å²) < 4.78 is 5.30. The second kappa shape index (κ2) is 14.5. The first-order valence-electron chi connectivity index (χ1n) is 26.3. The lowest BCUT2D eigenvalue weighted by molar-refractivity contribution is 0.587. The highest BCUT2D eigenvalue weighted by Gasteiger charge is 2.53. The van der Waals surface area contributed by atoms with Gasteiger partial charge in [0.15, 0.2) is 0 Å². The van der Waals surface area contributed by atoms with Crippen molar-refractivity contribution in [2.75, 3.05) is 4.81 Å². The lowest BCUT2D eigenvalue weighted by Gasteiger charge is -2.46. The predicted octanol–water partition coefficient (Wildman–Crippen LogP) is 16.4. The number of nitrogens with zero attached hydrogens (tertiary/aromatic N) is 3. The molecule has 4 heterocycles. The third-order valence-electron chi connectivity index (χ3n) is 16.8. The number of para-hydroxylation sites is 1. The second-order valence-corrected chi connectivity index (χ2v) is 27.2. The van der Waals surface area contributed by atoms with Gasteiger partial charge in [-0.3, -0.25) is 0 Å². The summed E-state index contributed by atoms with van der Waals surface area (Å²) in [6.45, 7) is 40.2. The molecule has 0 spiro atoms. The molecular weight excluding hydrogens is 858 g/mol. The molecule has 0 bridgehead atoms. The van der Waals surface area contributed by atoms with Gasteiger partial charge < -0.3 is 13.9 Å². The number of aromatic nitrogens is 2. The van der Waals surface area contributed by atoms with E-state index in [1.807, 2.05) is 0 Å². The molecule has 1 aliphatic carbocycles. The first kappa shape index (κ1) is 45.9. The van der Waals surface area contributed by atoms with Crippen molar-refractivity contribution in [2.24, 2.45) is 0 Å². The number of fused-ring (bicyclic) bond motifs is 12. The molecule has 0 saturated heterocycles. The molecule has 0 radical (unpaired) electrons. The zero-order valence-corrected chi connectivity index (χ0v) is 45.5. The molecule has 0 atom stereocenters. The van der Waals surface area contributed by atoms with Gasteiger partial charge >= 0.3 is 6.85 Å². The van der Waals surface area contributed by atoms with Crippen LogP contribution in [0.15, 0.2) is 133 Å². The number of hydrogen-bond acceptors (Lipinski definition) is 1. The van der Waals surface area contributed by atoms with Crippen LogP contribution >= 0.6 is 0 Å². The van der Waals surface area contributed by atoms with Crippen LogP contribution in [0.5, 0.6) is 0 Å². The van der Waals surface area contributed by atoms with Gasteiger partial charge in [0.05, 0.1) is 22.1 Å². The van der Waals surface area contributed by atoms with E-state index in [0.29, 0.717) is 0 Å². The molecule has 71 heavy (non-hydrogen) atoms. The number of allylic oxidation sites excluding steroid dienone is 1. The van der Waals surface area contributed by atoms with Crippen LogP contribution in [-0.4, -0.2) is 16.0 Å². The van der Waals surface area contributed by atoms with Crippen molar-refractivity contribution in [3.05, 3.63) is 178 Å². The molecular formula is C67H72BN3. The van der Waals surface area contributed by atoms with E-state index in [4.69, 9.17) is 0 Å². The number of hydrogen-bond donors (Lipinski definition) is 0. The highest BCUT2D eigenvalue weighted by atomic mass is 15.1. The minimum absolute atomic E-state index is 0.00743. The van der Waals surface area contributed by atoms with Crippen molar-refractivity contribution < 1.29 is 0 Å². The Bertz CT molecular complexity index is 3780. The highest BCUT2D eigenvalue weighted by molar-refractivity contribution is 6.93. The van der Waals surface area contributed by atoms with E-state index in [9.17, 15) is 0 Å². The van der Waals surface area contributed by atoms with Crippen LogP contribution in [0, 0.1) is 0 Å². The van der Waals surface area contributed by atoms with Gasteiger partial charge in [-0.2, -0.15) is 0 Å². The zero-order chi connectivity index (χ0) is 50.4. The van der Waals surface area contributed by atoms with Crippen molar-refractivity contribution in [2.45, 2.75) is 150 Å². The first-order chi connectivity index (χ1) is 33.2. The molecule has 0 N–H and O–H groups in total. The Morgan fingerprint density at radius 2 is 0.944 bits per heavy atom. The van der Waals surface area contributed by atoms with Crippen LogP contribution in [0.1, 0.15) is 162 Å². The van der Waals surface area contributed by atoms with Crippen molar-refractivity contribution >= 4 is 72.6 Å². The van der Waals surface area contributed by atoms with E-state index < -0.39 is 0 Å². The average Bonchev–Trinajstić information content (AvgIpc) is 3.89. The summed E-state index contributed by atoms with van der Waals surface area (Å²) in [5.74, 6) is 0. The maximum Gasteiger partial charge on any atom is 0.332 e. The van der Waals surface area contributed by atoms with E-state index in [0.717, 1.165) is 0 Å². The monoisotopic (exact) mass is 930 g/mol. The SMILES string of the molecule is CC(C)(C)c1ccc(N2B3c4c(cc(C(C)(C)C)cc4-n4c5ccc(C(C)(C)C)cc5c5c4c3cc3c4cc(C(C)(C)C)ccc4n(-c4ccccc4)c35)C3=C2C(C)(C)c2ccc(C(C)(C)C)cc23)cc1. The van der Waals surface area contributed by atoms with E-state index in [-0.39, 0.29) is 39.3 Å². The Hall–Kier alpha value is -6.26. The Kier molecular flexibility index (Phi) is 9.34. The van der Waals surface area contributed by atoms with Crippen LogP contribution in [0.25, 0.3) is 60.6 Å². The second-order valence-electron chi connectivity index (χ2n) is 27.2. The van der Waals surface area contributed by atoms with E-state index in [1.165, 1.54) is 127 Å². The largest absolute Gasteiger partial charge is 0.379 e. The van der Waals surface area contributed by atoms with Gasteiger partial charge in [0.2, 0.25) is 0 Å². The Morgan fingerprint density at radius 3 is 1.54 bits per heavy atom. The smallest absolute Gasteiger partial charge is 0.332 e. The van der Waals surface area contributed by atoms with Gasteiger partial charge in [-0.15, -0.1) is 0 Å². The van der Waals surface area contributed by atoms with Crippen LogP contribution in [0.2, 0.25) is 0 Å². The third-order valence-corrected chi connectivity index (χ3v) is 16.8. The predicted molar refractivity (Wildman–Crippen MR) is 308 cm³/mol. The Labute approximate surface area is 423 Å². The molecule has 7 aromatic carbocycles. The van der Waals surface area contributed by atoms with E-state index in [2.05, 4.69) is 259 Å². The summed E-state index contributed by atoms with van der Waals surface area (Å²) in [6.07, 6.45) is 0. The molecule has 358 valence electrons. The fourth-order valence-corrected chi connectivity index (χ4v) is 12.7. The summed E-state index contributed by atoms with van der Waals surface area (Å²) in [7, 11) is 0. The maximum atomic E-state index is 2.82. The van der Waals surface area contributed by atoms with Crippen LogP contribution in [-0.2, 0) is 32.5 Å². The van der Waals surface area contributed by atoms with Crippen molar-refractivity contribution in [1.82, 2.24) is 9.13 Å². The highest BCUT2D eigenvalue weighted by Crippen LogP contribution is 2.56. The molecule has 3 aliphatic rings. The van der Waals surface area contributed by atoms with Gasteiger partial charge in [0.1, 0.15) is 0 Å². The minimum Gasteiger partial charge on any atom is -0.379 e.